The lowest BCUT2D eigenvalue weighted by atomic mass is 9.70. The van der Waals surface area contributed by atoms with E-state index >= 15 is 0 Å². The smallest absolute Gasteiger partial charge is 0.235 e. The summed E-state index contributed by atoms with van der Waals surface area (Å²) in [5, 5.41) is 2.88. The van der Waals surface area contributed by atoms with Crippen LogP contribution < -0.4 is 5.32 Å². The predicted octanol–water partition coefficient (Wildman–Crippen LogP) is 2.29. The topological polar surface area (TPSA) is 58.5 Å². The number of carbonyl (C=O) groups excluding carboxylic acids is 2. The number of anilines is 1. The maximum atomic E-state index is 11.4. The van der Waals surface area contributed by atoms with Gasteiger partial charge in [0.15, 0.2) is 0 Å². The number of fused-ring (bicyclic) bond motifs is 1. The SMILES string of the molecule is O=C=NC1(c2cccc3c2CCC(=O)N3)CCC1. The van der Waals surface area contributed by atoms with Gasteiger partial charge in [-0.15, -0.1) is 0 Å². The molecule has 0 unspecified atom stereocenters. The highest BCUT2D eigenvalue weighted by atomic mass is 16.1. The van der Waals surface area contributed by atoms with Crippen molar-refractivity contribution in [1.29, 1.82) is 0 Å². The van der Waals surface area contributed by atoms with E-state index in [1.165, 1.54) is 0 Å². The zero-order chi connectivity index (χ0) is 12.6. The molecule has 2 aliphatic rings. The van der Waals surface area contributed by atoms with E-state index in [9.17, 15) is 9.59 Å². The van der Waals surface area contributed by atoms with Crippen molar-refractivity contribution in [2.75, 3.05) is 5.32 Å². The van der Waals surface area contributed by atoms with E-state index in [1.54, 1.807) is 6.08 Å². The molecule has 1 aliphatic heterocycles. The Kier molecular flexibility index (Phi) is 2.53. The van der Waals surface area contributed by atoms with E-state index in [0.717, 1.165) is 42.5 Å². The number of nitrogens with zero attached hydrogens (tertiary/aromatic N) is 1. The number of hydrogen-bond donors (Lipinski definition) is 1. The van der Waals surface area contributed by atoms with Crippen molar-refractivity contribution in [3.63, 3.8) is 0 Å². The van der Waals surface area contributed by atoms with E-state index < -0.39 is 0 Å². The van der Waals surface area contributed by atoms with Gasteiger partial charge in [-0.2, -0.15) is 4.99 Å². The molecule has 4 nitrogen and oxygen atoms in total. The Labute approximate surface area is 105 Å². The summed E-state index contributed by atoms with van der Waals surface area (Å²) >= 11 is 0. The predicted molar refractivity (Wildman–Crippen MR) is 67.0 cm³/mol. The molecule has 3 rings (SSSR count). The van der Waals surface area contributed by atoms with E-state index in [-0.39, 0.29) is 11.4 Å². The number of aliphatic imine (C=N–C) groups is 1. The molecule has 1 aliphatic carbocycles. The van der Waals surface area contributed by atoms with E-state index in [0.29, 0.717) is 6.42 Å². The number of isocyanates is 1. The average Bonchev–Trinajstić information content (AvgIpc) is 2.33. The Balaban J connectivity index is 2.10. The molecule has 18 heavy (non-hydrogen) atoms. The van der Waals surface area contributed by atoms with Gasteiger partial charge in [-0.1, -0.05) is 12.1 Å². The number of carbonyl (C=O) groups is 1. The van der Waals surface area contributed by atoms with Crippen LogP contribution in [-0.2, 0) is 21.5 Å². The number of rotatable bonds is 2. The zero-order valence-corrected chi connectivity index (χ0v) is 10.0. The highest BCUT2D eigenvalue weighted by Gasteiger charge is 2.41. The largest absolute Gasteiger partial charge is 0.326 e. The van der Waals surface area contributed by atoms with Crippen molar-refractivity contribution >= 4 is 17.7 Å². The second-order valence-electron chi connectivity index (χ2n) is 4.97. The first-order valence-corrected chi connectivity index (χ1v) is 6.26. The van der Waals surface area contributed by atoms with Gasteiger partial charge in [0.2, 0.25) is 12.0 Å². The lowest BCUT2D eigenvalue weighted by Gasteiger charge is -2.39. The Hall–Kier alpha value is -1.93. The summed E-state index contributed by atoms with van der Waals surface area (Å²) in [6, 6.07) is 5.85. The first-order valence-electron chi connectivity index (χ1n) is 6.26. The second-order valence-corrected chi connectivity index (χ2v) is 4.97. The van der Waals surface area contributed by atoms with Gasteiger partial charge in [0.1, 0.15) is 0 Å². The molecular formula is C14H14N2O2. The van der Waals surface area contributed by atoms with Crippen LogP contribution in [-0.4, -0.2) is 12.0 Å². The first-order chi connectivity index (χ1) is 8.75. The molecule has 0 aromatic heterocycles. The molecule has 1 saturated carbocycles. The Morgan fingerprint density at radius 1 is 1.28 bits per heavy atom. The van der Waals surface area contributed by atoms with Crippen LogP contribution in [0.25, 0.3) is 0 Å². The minimum absolute atomic E-state index is 0.0567. The Bertz CT molecular complexity index is 555. The highest BCUT2D eigenvalue weighted by Crippen LogP contribution is 2.47. The molecule has 1 heterocycles. The molecule has 1 N–H and O–H groups in total. The van der Waals surface area contributed by atoms with Gasteiger partial charge in [0.25, 0.3) is 0 Å². The van der Waals surface area contributed by atoms with Crippen molar-refractivity contribution < 1.29 is 9.59 Å². The molecular weight excluding hydrogens is 228 g/mol. The molecule has 0 bridgehead atoms. The third-order valence-electron chi connectivity index (χ3n) is 3.99. The number of amides is 1. The van der Waals surface area contributed by atoms with Crippen molar-refractivity contribution in [1.82, 2.24) is 0 Å². The van der Waals surface area contributed by atoms with E-state index in [2.05, 4.69) is 10.3 Å². The maximum absolute atomic E-state index is 11.4. The summed E-state index contributed by atoms with van der Waals surface area (Å²) in [5.41, 5.74) is 2.72. The van der Waals surface area contributed by atoms with Crippen LogP contribution in [0.4, 0.5) is 5.69 Å². The van der Waals surface area contributed by atoms with Crippen molar-refractivity contribution in [2.24, 2.45) is 4.99 Å². The van der Waals surface area contributed by atoms with E-state index in [4.69, 9.17) is 0 Å². The van der Waals surface area contributed by atoms with Gasteiger partial charge in [-0.3, -0.25) is 4.79 Å². The molecule has 4 heteroatoms. The van der Waals surface area contributed by atoms with Crippen LogP contribution in [0, 0.1) is 0 Å². The molecule has 1 amide bonds. The minimum Gasteiger partial charge on any atom is -0.326 e. The summed E-state index contributed by atoms with van der Waals surface area (Å²) in [6.45, 7) is 0. The van der Waals surface area contributed by atoms with Gasteiger partial charge in [0, 0.05) is 12.1 Å². The van der Waals surface area contributed by atoms with Crippen molar-refractivity contribution in [3.8, 4) is 0 Å². The Morgan fingerprint density at radius 3 is 2.78 bits per heavy atom. The van der Waals surface area contributed by atoms with Crippen LogP contribution in [0.5, 0.6) is 0 Å². The monoisotopic (exact) mass is 242 g/mol. The van der Waals surface area contributed by atoms with Crippen LogP contribution in [0.3, 0.4) is 0 Å². The molecule has 1 aromatic rings. The average molecular weight is 242 g/mol. The fourth-order valence-corrected chi connectivity index (χ4v) is 2.90. The van der Waals surface area contributed by atoms with E-state index in [1.807, 2.05) is 18.2 Å². The zero-order valence-electron chi connectivity index (χ0n) is 10.0. The minimum atomic E-state index is -0.380. The van der Waals surface area contributed by atoms with Gasteiger partial charge in [0.05, 0.1) is 5.54 Å². The van der Waals surface area contributed by atoms with Crippen LogP contribution in [0.15, 0.2) is 23.2 Å². The molecule has 92 valence electrons. The molecule has 0 saturated heterocycles. The van der Waals surface area contributed by atoms with Gasteiger partial charge < -0.3 is 5.32 Å². The molecule has 0 atom stereocenters. The summed E-state index contributed by atoms with van der Waals surface area (Å²) in [7, 11) is 0. The number of benzene rings is 1. The van der Waals surface area contributed by atoms with Gasteiger partial charge in [-0.25, -0.2) is 4.79 Å². The number of hydrogen-bond acceptors (Lipinski definition) is 3. The molecule has 0 spiro atoms. The summed E-state index contributed by atoms with van der Waals surface area (Å²) < 4.78 is 0. The fraction of sp³-hybridized carbons (Fsp3) is 0.429. The molecule has 1 fully saturated rings. The van der Waals surface area contributed by atoms with Crippen LogP contribution in [0.1, 0.15) is 36.8 Å². The van der Waals surface area contributed by atoms with Crippen molar-refractivity contribution in [3.05, 3.63) is 29.3 Å². The normalized spacial score (nSPS) is 20.1. The third-order valence-corrected chi connectivity index (χ3v) is 3.99. The summed E-state index contributed by atoms with van der Waals surface area (Å²) in [5.74, 6) is 0.0567. The molecule has 1 aromatic carbocycles. The Morgan fingerprint density at radius 2 is 2.11 bits per heavy atom. The fourth-order valence-electron chi connectivity index (χ4n) is 2.90. The van der Waals surface area contributed by atoms with Gasteiger partial charge in [-0.05, 0) is 42.9 Å². The lowest BCUT2D eigenvalue weighted by Crippen LogP contribution is -2.34. The first kappa shape index (κ1) is 11.2. The standard InChI is InChI=1S/C14H14N2O2/c17-9-15-14(7-2-8-14)11-3-1-4-12-10(11)5-6-13(18)16-12/h1,3-4H,2,5-8H2,(H,16,18). The van der Waals surface area contributed by atoms with Crippen molar-refractivity contribution in [2.45, 2.75) is 37.6 Å². The summed E-state index contributed by atoms with van der Waals surface area (Å²) in [6.07, 6.45) is 5.82. The lowest BCUT2D eigenvalue weighted by molar-refractivity contribution is -0.116. The van der Waals surface area contributed by atoms with Crippen LogP contribution >= 0.6 is 0 Å². The molecule has 0 radical (unpaired) electrons. The summed E-state index contributed by atoms with van der Waals surface area (Å²) in [4.78, 5) is 26.1. The number of nitrogens with one attached hydrogen (secondary N) is 1. The highest BCUT2D eigenvalue weighted by molar-refractivity contribution is 5.94. The quantitative estimate of drug-likeness (QED) is 0.639. The van der Waals surface area contributed by atoms with Crippen LogP contribution in [0.2, 0.25) is 0 Å². The van der Waals surface area contributed by atoms with Gasteiger partial charge >= 0.3 is 0 Å². The second kappa shape index (κ2) is 4.07. The third kappa shape index (κ3) is 1.57. The maximum Gasteiger partial charge on any atom is 0.235 e.